The summed E-state index contributed by atoms with van der Waals surface area (Å²) in [6.45, 7) is 0. The summed E-state index contributed by atoms with van der Waals surface area (Å²) >= 11 is 1.10. The van der Waals surface area contributed by atoms with Gasteiger partial charge in [-0.25, -0.2) is 18.2 Å². The number of amides is 1. The van der Waals surface area contributed by atoms with Crippen molar-refractivity contribution in [1.29, 1.82) is 0 Å². The molecule has 0 saturated heterocycles. The quantitative estimate of drug-likeness (QED) is 0.498. The Morgan fingerprint density at radius 1 is 1.07 bits per heavy atom. The summed E-state index contributed by atoms with van der Waals surface area (Å²) in [6.07, 6.45) is -0.137. The first kappa shape index (κ1) is 19.3. The summed E-state index contributed by atoms with van der Waals surface area (Å²) in [5.74, 6) is -2.96. The van der Waals surface area contributed by atoms with Crippen LogP contribution < -0.4 is 10.9 Å². The largest absolute Gasteiger partial charge is 0.310 e. The van der Waals surface area contributed by atoms with Crippen molar-refractivity contribution in [2.75, 3.05) is 5.32 Å². The lowest BCUT2D eigenvalue weighted by atomic mass is 9.87. The fourth-order valence-corrected chi connectivity index (χ4v) is 4.09. The molecule has 4 rings (SSSR count). The van der Waals surface area contributed by atoms with Gasteiger partial charge in [0, 0.05) is 24.2 Å². The van der Waals surface area contributed by atoms with Gasteiger partial charge in [0.2, 0.25) is 5.91 Å². The predicted molar refractivity (Wildman–Crippen MR) is 102 cm³/mol. The van der Waals surface area contributed by atoms with Crippen LogP contribution in [0.3, 0.4) is 0 Å². The molecule has 0 bridgehead atoms. The summed E-state index contributed by atoms with van der Waals surface area (Å²) in [7, 11) is 0. The van der Waals surface area contributed by atoms with Gasteiger partial charge in [-0.15, -0.1) is 0 Å². The first-order valence-electron chi connectivity index (χ1n) is 8.67. The van der Waals surface area contributed by atoms with E-state index in [-0.39, 0.29) is 40.1 Å². The smallest absolute Gasteiger partial charge is 0.257 e. The monoisotopic (exact) mass is 417 g/mol. The zero-order chi connectivity index (χ0) is 20.5. The maximum Gasteiger partial charge on any atom is 0.257 e. The van der Waals surface area contributed by atoms with Crippen LogP contribution in [0.25, 0.3) is 0 Å². The van der Waals surface area contributed by atoms with Gasteiger partial charge in [0.15, 0.2) is 5.16 Å². The number of rotatable bonds is 4. The van der Waals surface area contributed by atoms with Gasteiger partial charge >= 0.3 is 0 Å². The van der Waals surface area contributed by atoms with E-state index in [1.807, 2.05) is 0 Å². The summed E-state index contributed by atoms with van der Waals surface area (Å²) in [6, 6.07) is 9.14. The molecule has 0 radical (unpaired) electrons. The van der Waals surface area contributed by atoms with E-state index in [9.17, 15) is 22.8 Å². The van der Waals surface area contributed by atoms with E-state index in [2.05, 4.69) is 15.3 Å². The van der Waals surface area contributed by atoms with Crippen LogP contribution in [0, 0.1) is 17.5 Å². The SMILES string of the molecule is O=C1C[C@@H](c2cc(F)cc(F)c2)c2c(nc(SCc3ccccc3F)[nH]c2=O)N1. The molecule has 9 heteroatoms. The minimum Gasteiger partial charge on any atom is -0.310 e. The number of aromatic amines is 1. The molecule has 2 N–H and O–H groups in total. The second-order valence-electron chi connectivity index (χ2n) is 6.52. The van der Waals surface area contributed by atoms with Gasteiger partial charge in [-0.2, -0.15) is 0 Å². The molecule has 2 aromatic carbocycles. The Kier molecular flexibility index (Phi) is 5.14. The average Bonchev–Trinajstić information content (AvgIpc) is 2.65. The fraction of sp³-hybridized carbons (Fsp3) is 0.150. The number of H-pyrrole nitrogens is 1. The first-order chi connectivity index (χ1) is 13.9. The number of halogens is 3. The molecule has 3 aromatic rings. The van der Waals surface area contributed by atoms with E-state index in [1.165, 1.54) is 6.07 Å². The zero-order valence-corrected chi connectivity index (χ0v) is 15.7. The highest BCUT2D eigenvalue weighted by Gasteiger charge is 2.31. The molecule has 1 amide bonds. The van der Waals surface area contributed by atoms with E-state index in [4.69, 9.17) is 0 Å². The minimum absolute atomic E-state index is 0.0377. The number of thioether (sulfide) groups is 1. The Balaban J connectivity index is 1.69. The third-order valence-electron chi connectivity index (χ3n) is 4.54. The summed E-state index contributed by atoms with van der Waals surface area (Å²) in [5, 5.41) is 2.73. The van der Waals surface area contributed by atoms with Crippen LogP contribution in [0.1, 0.15) is 29.0 Å². The van der Waals surface area contributed by atoms with Gasteiger partial charge in [-0.05, 0) is 29.3 Å². The van der Waals surface area contributed by atoms with Crippen molar-refractivity contribution in [3.63, 3.8) is 0 Å². The maximum absolute atomic E-state index is 13.8. The van der Waals surface area contributed by atoms with Crippen LogP contribution in [-0.4, -0.2) is 15.9 Å². The van der Waals surface area contributed by atoms with Crippen LogP contribution in [0.15, 0.2) is 52.4 Å². The molecule has 1 atom stereocenters. The molecule has 0 unspecified atom stereocenters. The number of fused-ring (bicyclic) bond motifs is 1. The molecule has 1 aromatic heterocycles. The third kappa shape index (κ3) is 4.04. The minimum atomic E-state index is -0.828. The number of nitrogens with one attached hydrogen (secondary N) is 2. The van der Waals surface area contributed by atoms with E-state index in [0.717, 1.165) is 30.0 Å². The van der Waals surface area contributed by atoms with E-state index >= 15 is 0 Å². The molecule has 0 fully saturated rings. The lowest BCUT2D eigenvalue weighted by molar-refractivity contribution is -0.116. The maximum atomic E-state index is 13.8. The first-order valence-corrected chi connectivity index (χ1v) is 9.65. The molecule has 2 heterocycles. The zero-order valence-electron chi connectivity index (χ0n) is 14.8. The summed E-state index contributed by atoms with van der Waals surface area (Å²) in [4.78, 5) is 31.7. The highest BCUT2D eigenvalue weighted by molar-refractivity contribution is 7.98. The van der Waals surface area contributed by atoms with Crippen LogP contribution in [0.4, 0.5) is 19.0 Å². The number of hydrogen-bond donors (Lipinski definition) is 2. The molecule has 1 aliphatic rings. The van der Waals surface area contributed by atoms with Crippen molar-refractivity contribution in [3.8, 4) is 0 Å². The Bertz CT molecular complexity index is 1150. The van der Waals surface area contributed by atoms with Gasteiger partial charge in [-0.3, -0.25) is 9.59 Å². The molecular weight excluding hydrogens is 403 g/mol. The predicted octanol–water partition coefficient (Wildman–Crippen LogP) is 3.95. The lowest BCUT2D eigenvalue weighted by Crippen LogP contribution is -2.31. The molecule has 5 nitrogen and oxygen atoms in total. The van der Waals surface area contributed by atoms with Crippen molar-refractivity contribution in [2.24, 2.45) is 0 Å². The Morgan fingerprint density at radius 3 is 2.52 bits per heavy atom. The van der Waals surface area contributed by atoms with Crippen molar-refractivity contribution in [2.45, 2.75) is 23.2 Å². The molecule has 148 valence electrons. The van der Waals surface area contributed by atoms with Gasteiger partial charge in [0.1, 0.15) is 23.3 Å². The number of carbonyl (C=O) groups excluding carboxylic acids is 1. The molecule has 0 saturated carbocycles. The van der Waals surface area contributed by atoms with Crippen LogP contribution in [-0.2, 0) is 10.5 Å². The van der Waals surface area contributed by atoms with E-state index in [1.54, 1.807) is 18.2 Å². The summed E-state index contributed by atoms with van der Waals surface area (Å²) < 4.78 is 41.1. The van der Waals surface area contributed by atoms with Crippen molar-refractivity contribution >= 4 is 23.5 Å². The van der Waals surface area contributed by atoms with Crippen LogP contribution in [0.5, 0.6) is 0 Å². The lowest BCUT2D eigenvalue weighted by Gasteiger charge is -2.24. The second-order valence-corrected chi connectivity index (χ2v) is 7.49. The number of benzene rings is 2. The number of carbonyl (C=O) groups is 1. The number of hydrogen-bond acceptors (Lipinski definition) is 4. The third-order valence-corrected chi connectivity index (χ3v) is 5.46. The van der Waals surface area contributed by atoms with Crippen molar-refractivity contribution in [1.82, 2.24) is 9.97 Å². The topological polar surface area (TPSA) is 74.8 Å². The molecule has 0 spiro atoms. The van der Waals surface area contributed by atoms with Gasteiger partial charge in [0.05, 0.1) is 5.56 Å². The fourth-order valence-electron chi connectivity index (χ4n) is 3.24. The number of aromatic nitrogens is 2. The highest BCUT2D eigenvalue weighted by atomic mass is 32.2. The normalized spacial score (nSPS) is 15.7. The molecule has 1 aliphatic heterocycles. The van der Waals surface area contributed by atoms with Gasteiger partial charge in [0.25, 0.3) is 5.56 Å². The Hall–Kier alpha value is -3.07. The standard InChI is InChI=1S/C20H14F3N3O2S/c21-12-5-11(6-13(22)7-12)14-8-16(27)24-18-17(14)19(28)26-20(25-18)29-9-10-3-1-2-4-15(10)23/h1-7,14H,8-9H2,(H2,24,25,26,27,28)/t14-/m0/s1. The van der Waals surface area contributed by atoms with E-state index in [0.29, 0.717) is 5.56 Å². The molecular formula is C20H14F3N3O2S. The second kappa shape index (κ2) is 7.75. The van der Waals surface area contributed by atoms with Crippen LogP contribution in [0.2, 0.25) is 0 Å². The Morgan fingerprint density at radius 2 is 1.79 bits per heavy atom. The summed E-state index contributed by atoms with van der Waals surface area (Å²) in [5.41, 5.74) is 0.221. The Labute approximate surface area is 167 Å². The number of nitrogens with zero attached hydrogens (tertiary/aromatic N) is 1. The number of anilines is 1. The van der Waals surface area contributed by atoms with Crippen molar-refractivity contribution < 1.29 is 18.0 Å². The average molecular weight is 417 g/mol. The molecule has 29 heavy (non-hydrogen) atoms. The van der Waals surface area contributed by atoms with Crippen LogP contribution >= 0.6 is 11.8 Å². The van der Waals surface area contributed by atoms with Crippen molar-refractivity contribution in [3.05, 3.63) is 87.0 Å². The molecule has 0 aliphatic carbocycles. The van der Waals surface area contributed by atoms with E-state index < -0.39 is 29.0 Å². The van der Waals surface area contributed by atoms with Gasteiger partial charge in [-0.1, -0.05) is 30.0 Å². The highest BCUT2D eigenvalue weighted by Crippen LogP contribution is 2.35. The van der Waals surface area contributed by atoms with Gasteiger partial charge < -0.3 is 10.3 Å².